The van der Waals surface area contributed by atoms with Gasteiger partial charge < -0.3 is 4.42 Å². The molecule has 148 valence electrons. The molecule has 1 aliphatic rings. The summed E-state index contributed by atoms with van der Waals surface area (Å²) in [5, 5.41) is 0.661. The van der Waals surface area contributed by atoms with Crippen LogP contribution in [0.2, 0.25) is 0 Å². The summed E-state index contributed by atoms with van der Waals surface area (Å²) in [6.45, 7) is 8.07. The molecular weight excluding hydrogens is 360 g/mol. The van der Waals surface area contributed by atoms with Crippen LogP contribution in [0.3, 0.4) is 0 Å². The van der Waals surface area contributed by atoms with E-state index in [-0.39, 0.29) is 19.0 Å². The number of carbonyl (C=O) groups excluding carboxylic acids is 3. The second-order valence-corrected chi connectivity index (χ2v) is 7.43. The normalized spacial score (nSPS) is 14.8. The monoisotopic (exact) mass is 384 g/mol. The van der Waals surface area contributed by atoms with Crippen molar-refractivity contribution in [2.24, 2.45) is 0 Å². The van der Waals surface area contributed by atoms with Gasteiger partial charge in [-0.05, 0) is 48.1 Å². The Labute approximate surface area is 162 Å². The number of nitrogens with zero attached hydrogens (tertiary/aromatic N) is 2. The number of fused-ring (bicyclic) bond motifs is 1. The second kappa shape index (κ2) is 7.58. The molecule has 7 heteroatoms. The first-order valence-corrected chi connectivity index (χ1v) is 9.49. The molecule has 1 saturated heterocycles. The Kier molecular flexibility index (Phi) is 5.36. The summed E-state index contributed by atoms with van der Waals surface area (Å²) in [6, 6.07) is 4.36. The van der Waals surface area contributed by atoms with Gasteiger partial charge in [0, 0.05) is 18.0 Å². The number of carbonyl (C=O) groups is 3. The van der Waals surface area contributed by atoms with Crippen LogP contribution in [-0.4, -0.2) is 34.2 Å². The fourth-order valence-corrected chi connectivity index (χ4v) is 3.52. The summed E-state index contributed by atoms with van der Waals surface area (Å²) in [5.74, 6) is -1.42. The molecule has 0 bridgehead atoms. The van der Waals surface area contributed by atoms with Gasteiger partial charge in [-0.15, -0.1) is 0 Å². The van der Waals surface area contributed by atoms with Crippen LogP contribution in [0.15, 0.2) is 27.4 Å². The molecule has 0 saturated carbocycles. The minimum atomic E-state index is -0.862. The van der Waals surface area contributed by atoms with Crippen molar-refractivity contribution < 1.29 is 18.8 Å². The van der Waals surface area contributed by atoms with Gasteiger partial charge in [0.2, 0.25) is 0 Å². The number of aryl methyl sites for hydroxylation is 1. The number of amides is 4. The van der Waals surface area contributed by atoms with Crippen LogP contribution < -0.4 is 5.63 Å². The Morgan fingerprint density at radius 1 is 1.00 bits per heavy atom. The van der Waals surface area contributed by atoms with Crippen LogP contribution in [-0.2, 0) is 16.1 Å². The van der Waals surface area contributed by atoms with Crippen molar-refractivity contribution in [3.05, 3.63) is 45.3 Å². The molecule has 2 heterocycles. The van der Waals surface area contributed by atoms with Gasteiger partial charge in [0.1, 0.15) is 5.58 Å². The standard InChI is InChI=1S/C21H24N2O5/c1-5-6-7-22-19(25)20(26)23(21(22)27)11-14-9-18(24)28-17-8-13(4)15(12(2)3)10-16(14)17/h8-10,12H,5-7,11H2,1-4H3. The van der Waals surface area contributed by atoms with E-state index in [2.05, 4.69) is 13.8 Å². The average Bonchev–Trinajstić information content (AvgIpc) is 2.82. The topological polar surface area (TPSA) is 87.9 Å². The summed E-state index contributed by atoms with van der Waals surface area (Å²) < 4.78 is 5.31. The molecule has 0 N–H and O–H groups in total. The first-order valence-electron chi connectivity index (χ1n) is 9.49. The van der Waals surface area contributed by atoms with Crippen LogP contribution in [0.5, 0.6) is 0 Å². The van der Waals surface area contributed by atoms with Gasteiger partial charge in [-0.3, -0.25) is 19.4 Å². The summed E-state index contributed by atoms with van der Waals surface area (Å²) in [4.78, 5) is 51.0. The van der Waals surface area contributed by atoms with Crippen molar-refractivity contribution in [3.63, 3.8) is 0 Å². The van der Waals surface area contributed by atoms with E-state index in [0.717, 1.165) is 27.3 Å². The molecule has 1 aromatic heterocycles. The molecule has 2 aromatic rings. The molecule has 3 rings (SSSR count). The maximum absolute atomic E-state index is 12.6. The molecule has 7 nitrogen and oxygen atoms in total. The quantitative estimate of drug-likeness (QED) is 0.433. The Morgan fingerprint density at radius 2 is 1.68 bits per heavy atom. The molecule has 1 aliphatic heterocycles. The zero-order valence-electron chi connectivity index (χ0n) is 16.6. The van der Waals surface area contributed by atoms with Crippen LogP contribution in [0.1, 0.15) is 56.2 Å². The van der Waals surface area contributed by atoms with E-state index < -0.39 is 23.5 Å². The lowest BCUT2D eigenvalue weighted by Crippen LogP contribution is -2.33. The summed E-state index contributed by atoms with van der Waals surface area (Å²) in [6.07, 6.45) is 1.43. The Bertz CT molecular complexity index is 1020. The highest BCUT2D eigenvalue weighted by Gasteiger charge is 2.44. The molecule has 1 fully saturated rings. The van der Waals surface area contributed by atoms with E-state index in [1.165, 1.54) is 6.07 Å². The zero-order valence-corrected chi connectivity index (χ0v) is 16.6. The Hall–Kier alpha value is -2.96. The SMILES string of the molecule is CCCCN1C(=O)C(=O)N(Cc2cc(=O)oc3cc(C)c(C(C)C)cc23)C1=O. The summed E-state index contributed by atoms with van der Waals surface area (Å²) >= 11 is 0. The van der Waals surface area contributed by atoms with Gasteiger partial charge in [0.15, 0.2) is 0 Å². The van der Waals surface area contributed by atoms with Crippen LogP contribution in [0, 0.1) is 6.92 Å². The van der Waals surface area contributed by atoms with Crippen molar-refractivity contribution in [2.75, 3.05) is 6.54 Å². The number of unbranched alkanes of at least 4 members (excludes halogenated alkanes) is 1. The van der Waals surface area contributed by atoms with Crippen molar-refractivity contribution in [2.45, 2.75) is 53.0 Å². The molecule has 1 aromatic carbocycles. The molecule has 0 radical (unpaired) electrons. The van der Waals surface area contributed by atoms with Crippen molar-refractivity contribution >= 4 is 28.8 Å². The van der Waals surface area contributed by atoms with Crippen LogP contribution >= 0.6 is 0 Å². The lowest BCUT2D eigenvalue weighted by Gasteiger charge is -2.17. The second-order valence-electron chi connectivity index (χ2n) is 7.43. The Balaban J connectivity index is 2.03. The fraction of sp³-hybridized carbons (Fsp3) is 0.429. The largest absolute Gasteiger partial charge is 0.423 e. The molecule has 0 atom stereocenters. The highest BCUT2D eigenvalue weighted by atomic mass is 16.4. The van der Waals surface area contributed by atoms with E-state index in [4.69, 9.17) is 4.42 Å². The van der Waals surface area contributed by atoms with E-state index in [1.807, 2.05) is 19.9 Å². The predicted octanol–water partition coefficient (Wildman–Crippen LogP) is 3.32. The van der Waals surface area contributed by atoms with Crippen molar-refractivity contribution in [1.82, 2.24) is 9.80 Å². The van der Waals surface area contributed by atoms with Crippen molar-refractivity contribution in [1.29, 1.82) is 0 Å². The predicted molar refractivity (Wildman–Crippen MR) is 104 cm³/mol. The number of benzene rings is 1. The smallest absolute Gasteiger partial charge is 0.336 e. The average molecular weight is 384 g/mol. The fourth-order valence-electron chi connectivity index (χ4n) is 3.52. The molecule has 4 amide bonds. The molecule has 0 unspecified atom stereocenters. The van der Waals surface area contributed by atoms with E-state index in [0.29, 0.717) is 23.0 Å². The highest BCUT2D eigenvalue weighted by molar-refractivity contribution is 6.44. The maximum atomic E-state index is 12.6. The van der Waals surface area contributed by atoms with Crippen LogP contribution in [0.4, 0.5) is 4.79 Å². The minimum Gasteiger partial charge on any atom is -0.423 e. The summed E-state index contributed by atoms with van der Waals surface area (Å²) in [7, 11) is 0. The summed E-state index contributed by atoms with van der Waals surface area (Å²) in [5.41, 5.74) is 2.41. The number of hydrogen-bond donors (Lipinski definition) is 0. The van der Waals surface area contributed by atoms with Gasteiger partial charge >= 0.3 is 23.5 Å². The van der Waals surface area contributed by atoms with Gasteiger partial charge in [0.25, 0.3) is 0 Å². The third-order valence-corrected chi connectivity index (χ3v) is 5.04. The van der Waals surface area contributed by atoms with Gasteiger partial charge in [-0.25, -0.2) is 9.59 Å². The number of hydrogen-bond acceptors (Lipinski definition) is 5. The van der Waals surface area contributed by atoms with Gasteiger partial charge in [-0.2, -0.15) is 0 Å². The van der Waals surface area contributed by atoms with Crippen LogP contribution in [0.25, 0.3) is 11.0 Å². The maximum Gasteiger partial charge on any atom is 0.336 e. The van der Waals surface area contributed by atoms with E-state index >= 15 is 0 Å². The lowest BCUT2D eigenvalue weighted by atomic mass is 9.95. The first kappa shape index (κ1) is 19.8. The molecule has 0 spiro atoms. The van der Waals surface area contributed by atoms with E-state index in [9.17, 15) is 19.2 Å². The van der Waals surface area contributed by atoms with Gasteiger partial charge in [-0.1, -0.05) is 27.2 Å². The number of rotatable bonds is 6. The zero-order chi connectivity index (χ0) is 20.6. The van der Waals surface area contributed by atoms with Crippen molar-refractivity contribution in [3.8, 4) is 0 Å². The number of imide groups is 2. The highest BCUT2D eigenvalue weighted by Crippen LogP contribution is 2.28. The Morgan fingerprint density at radius 3 is 2.32 bits per heavy atom. The number of urea groups is 1. The molecule has 0 aliphatic carbocycles. The third kappa shape index (κ3) is 3.44. The van der Waals surface area contributed by atoms with E-state index in [1.54, 1.807) is 6.07 Å². The minimum absolute atomic E-state index is 0.144. The van der Waals surface area contributed by atoms with Gasteiger partial charge in [0.05, 0.1) is 6.54 Å². The lowest BCUT2D eigenvalue weighted by molar-refractivity contribution is -0.143. The molecule has 28 heavy (non-hydrogen) atoms. The first-order chi connectivity index (χ1) is 13.2. The third-order valence-electron chi connectivity index (χ3n) is 5.04. The molecular formula is C21H24N2O5.